The van der Waals surface area contributed by atoms with Gasteiger partial charge in [-0.2, -0.15) is 0 Å². The number of nitrogens with zero attached hydrogens (tertiary/aromatic N) is 3. The summed E-state index contributed by atoms with van der Waals surface area (Å²) in [6.45, 7) is 3.67. The van der Waals surface area contributed by atoms with Gasteiger partial charge in [0.15, 0.2) is 11.0 Å². The van der Waals surface area contributed by atoms with Crippen molar-refractivity contribution in [3.8, 4) is 11.4 Å². The van der Waals surface area contributed by atoms with Gasteiger partial charge in [0, 0.05) is 23.9 Å². The van der Waals surface area contributed by atoms with Gasteiger partial charge in [0.05, 0.1) is 0 Å². The van der Waals surface area contributed by atoms with E-state index in [0.717, 1.165) is 23.1 Å². The summed E-state index contributed by atoms with van der Waals surface area (Å²) in [5, 5.41) is 9.89. The highest BCUT2D eigenvalue weighted by Crippen LogP contribution is 2.33. The van der Waals surface area contributed by atoms with Crippen LogP contribution in [0.5, 0.6) is 0 Å². The van der Waals surface area contributed by atoms with E-state index in [1.807, 2.05) is 0 Å². The number of fused-ring (bicyclic) bond motifs is 1. The smallest absolute Gasteiger partial charge is 0.191 e. The standard InChI is InChI=1S/C12H14N4S.ClH/c1-8-2-4-9(5-3-8)11-14-15-12-16(11)7-10(6-13)17-12;/h2-5,10H,6-7,13H2,1H3;1H. The zero-order valence-electron chi connectivity index (χ0n) is 10.0. The van der Waals surface area contributed by atoms with Gasteiger partial charge in [-0.25, -0.2) is 0 Å². The number of hydrogen-bond donors (Lipinski definition) is 1. The van der Waals surface area contributed by atoms with Gasteiger partial charge in [0.2, 0.25) is 0 Å². The topological polar surface area (TPSA) is 56.7 Å². The SMILES string of the molecule is Cc1ccc(-c2nnc3n2CC(CN)S3)cc1.Cl. The molecule has 1 aromatic heterocycles. The predicted molar refractivity (Wildman–Crippen MR) is 76.1 cm³/mol. The van der Waals surface area contributed by atoms with Crippen molar-refractivity contribution in [2.45, 2.75) is 23.9 Å². The summed E-state index contributed by atoms with van der Waals surface area (Å²) in [6, 6.07) is 8.37. The maximum atomic E-state index is 5.70. The van der Waals surface area contributed by atoms with Crippen molar-refractivity contribution in [2.75, 3.05) is 6.54 Å². The second-order valence-corrected chi connectivity index (χ2v) is 5.53. The Labute approximate surface area is 116 Å². The summed E-state index contributed by atoms with van der Waals surface area (Å²) >= 11 is 1.72. The molecule has 2 aromatic rings. The third-order valence-electron chi connectivity index (χ3n) is 2.95. The average molecular weight is 283 g/mol. The molecule has 3 rings (SSSR count). The van der Waals surface area contributed by atoms with Crippen LogP contribution in [0.3, 0.4) is 0 Å². The largest absolute Gasteiger partial charge is 0.329 e. The Morgan fingerprint density at radius 2 is 2.06 bits per heavy atom. The van der Waals surface area contributed by atoms with Gasteiger partial charge in [0.1, 0.15) is 0 Å². The van der Waals surface area contributed by atoms with Crippen molar-refractivity contribution >= 4 is 24.2 Å². The van der Waals surface area contributed by atoms with Gasteiger partial charge >= 0.3 is 0 Å². The van der Waals surface area contributed by atoms with Crippen LogP contribution in [0, 0.1) is 6.92 Å². The first-order chi connectivity index (χ1) is 8.28. The van der Waals surface area contributed by atoms with Crippen molar-refractivity contribution < 1.29 is 0 Å². The quantitative estimate of drug-likeness (QED) is 0.917. The fraction of sp³-hybridized carbons (Fsp3) is 0.333. The van der Waals surface area contributed by atoms with Gasteiger partial charge in [-0.1, -0.05) is 41.6 Å². The molecule has 96 valence electrons. The van der Waals surface area contributed by atoms with Crippen LogP contribution >= 0.6 is 24.2 Å². The van der Waals surface area contributed by atoms with Gasteiger partial charge in [-0.3, -0.25) is 0 Å². The summed E-state index contributed by atoms with van der Waals surface area (Å²) in [7, 11) is 0. The van der Waals surface area contributed by atoms with Gasteiger partial charge < -0.3 is 10.3 Å². The Balaban J connectivity index is 0.00000120. The zero-order valence-corrected chi connectivity index (χ0v) is 11.7. The average Bonchev–Trinajstić information content (AvgIpc) is 2.89. The van der Waals surface area contributed by atoms with Crippen molar-refractivity contribution in [3.05, 3.63) is 29.8 Å². The molecule has 18 heavy (non-hydrogen) atoms. The van der Waals surface area contributed by atoms with Crippen LogP contribution in [-0.4, -0.2) is 26.6 Å². The summed E-state index contributed by atoms with van der Waals surface area (Å²) in [6.07, 6.45) is 0. The van der Waals surface area contributed by atoms with Crippen molar-refractivity contribution in [3.63, 3.8) is 0 Å². The highest BCUT2D eigenvalue weighted by Gasteiger charge is 2.26. The van der Waals surface area contributed by atoms with Crippen LogP contribution in [-0.2, 0) is 6.54 Å². The first kappa shape index (κ1) is 13.4. The third kappa shape index (κ3) is 2.25. The minimum atomic E-state index is 0. The van der Waals surface area contributed by atoms with Gasteiger partial charge in [-0.15, -0.1) is 22.6 Å². The third-order valence-corrected chi connectivity index (χ3v) is 4.14. The summed E-state index contributed by atoms with van der Waals surface area (Å²) in [5.41, 5.74) is 8.07. The molecular weight excluding hydrogens is 268 g/mol. The van der Waals surface area contributed by atoms with Crippen molar-refractivity contribution in [1.82, 2.24) is 14.8 Å². The lowest BCUT2D eigenvalue weighted by Crippen LogP contribution is -2.17. The van der Waals surface area contributed by atoms with E-state index in [-0.39, 0.29) is 12.4 Å². The molecule has 6 heteroatoms. The number of halogens is 1. The maximum absolute atomic E-state index is 5.70. The van der Waals surface area contributed by atoms with E-state index in [0.29, 0.717) is 11.8 Å². The maximum Gasteiger partial charge on any atom is 0.191 e. The zero-order chi connectivity index (χ0) is 11.8. The second kappa shape index (κ2) is 5.30. The van der Waals surface area contributed by atoms with Crippen LogP contribution in [0.15, 0.2) is 29.4 Å². The highest BCUT2D eigenvalue weighted by atomic mass is 35.5. The number of rotatable bonds is 2. The first-order valence-electron chi connectivity index (χ1n) is 5.65. The molecule has 1 aromatic carbocycles. The molecule has 2 heterocycles. The van der Waals surface area contributed by atoms with Crippen LogP contribution < -0.4 is 5.73 Å². The molecule has 0 radical (unpaired) electrons. The fourth-order valence-corrected chi connectivity index (χ4v) is 2.96. The number of nitrogens with two attached hydrogens (primary N) is 1. The number of aromatic nitrogens is 3. The van der Waals surface area contributed by atoms with Crippen LogP contribution in [0.25, 0.3) is 11.4 Å². The molecule has 1 aliphatic rings. The molecule has 0 aliphatic carbocycles. The van der Waals surface area contributed by atoms with E-state index in [2.05, 4.69) is 46.0 Å². The molecule has 0 amide bonds. The van der Waals surface area contributed by atoms with Crippen LogP contribution in [0.1, 0.15) is 5.56 Å². The molecular formula is C12H15ClN4S. The fourth-order valence-electron chi connectivity index (χ4n) is 1.97. The van der Waals surface area contributed by atoms with E-state index < -0.39 is 0 Å². The molecule has 1 unspecified atom stereocenters. The van der Waals surface area contributed by atoms with E-state index >= 15 is 0 Å². The normalized spacial score (nSPS) is 17.3. The molecule has 4 nitrogen and oxygen atoms in total. The van der Waals surface area contributed by atoms with E-state index in [4.69, 9.17) is 5.73 Å². The van der Waals surface area contributed by atoms with E-state index in [1.165, 1.54) is 5.56 Å². The molecule has 0 spiro atoms. The molecule has 0 saturated heterocycles. The minimum Gasteiger partial charge on any atom is -0.329 e. The summed E-state index contributed by atoms with van der Waals surface area (Å²) < 4.78 is 2.16. The molecule has 0 saturated carbocycles. The van der Waals surface area contributed by atoms with Crippen LogP contribution in [0.2, 0.25) is 0 Å². The summed E-state index contributed by atoms with van der Waals surface area (Å²) in [5.74, 6) is 0.948. The molecule has 2 N–H and O–H groups in total. The lowest BCUT2D eigenvalue weighted by Gasteiger charge is -2.05. The van der Waals surface area contributed by atoms with E-state index in [1.54, 1.807) is 11.8 Å². The highest BCUT2D eigenvalue weighted by molar-refractivity contribution is 8.00. The van der Waals surface area contributed by atoms with E-state index in [9.17, 15) is 0 Å². The summed E-state index contributed by atoms with van der Waals surface area (Å²) in [4.78, 5) is 0. The number of thioether (sulfide) groups is 1. The number of aryl methyl sites for hydroxylation is 1. The lowest BCUT2D eigenvalue weighted by molar-refractivity contribution is 0.655. The van der Waals surface area contributed by atoms with Crippen LogP contribution in [0.4, 0.5) is 0 Å². The van der Waals surface area contributed by atoms with Gasteiger partial charge in [0.25, 0.3) is 0 Å². The Kier molecular flexibility index (Phi) is 3.94. The number of benzene rings is 1. The minimum absolute atomic E-state index is 0. The molecule has 0 fully saturated rings. The van der Waals surface area contributed by atoms with Crippen molar-refractivity contribution in [2.24, 2.45) is 5.73 Å². The Morgan fingerprint density at radius 1 is 1.33 bits per heavy atom. The molecule has 1 atom stereocenters. The first-order valence-corrected chi connectivity index (χ1v) is 6.53. The monoisotopic (exact) mass is 282 g/mol. The second-order valence-electron chi connectivity index (χ2n) is 4.26. The Hall–Kier alpha value is -1.04. The lowest BCUT2D eigenvalue weighted by atomic mass is 10.1. The molecule has 0 bridgehead atoms. The van der Waals surface area contributed by atoms with Gasteiger partial charge in [-0.05, 0) is 6.92 Å². The predicted octanol–water partition coefficient (Wildman–Crippen LogP) is 2.11. The molecule has 1 aliphatic heterocycles. The number of hydrogen-bond acceptors (Lipinski definition) is 4. The Bertz CT molecular complexity index is 538. The Morgan fingerprint density at radius 3 is 2.72 bits per heavy atom. The van der Waals surface area contributed by atoms with Crippen molar-refractivity contribution in [1.29, 1.82) is 0 Å².